The lowest BCUT2D eigenvalue weighted by Gasteiger charge is -2.20. The van der Waals surface area contributed by atoms with Crippen molar-refractivity contribution in [2.75, 3.05) is 31.1 Å². The van der Waals surface area contributed by atoms with Gasteiger partial charge in [-0.1, -0.05) is 6.92 Å². The van der Waals surface area contributed by atoms with E-state index in [-0.39, 0.29) is 17.5 Å². The second-order valence-electron chi connectivity index (χ2n) is 7.50. The standard InChI is InChI=1S/C19H22F2N4O4/c1-2-22-7-10-5-6-24(8-10)18-15(21)14(20)13-16(26)12(29-19(27)28)9-25(11-3-4-11)17(13)23-18/h9-11,22H,2-8H2,1H3,(H,27,28). The van der Waals surface area contributed by atoms with Gasteiger partial charge in [0.15, 0.2) is 17.4 Å². The molecular formula is C19H22F2N4O4. The number of rotatable bonds is 6. The van der Waals surface area contributed by atoms with E-state index >= 15 is 0 Å². The van der Waals surface area contributed by atoms with Gasteiger partial charge in [0.25, 0.3) is 0 Å². The summed E-state index contributed by atoms with van der Waals surface area (Å²) in [6.07, 6.45) is 1.90. The van der Waals surface area contributed by atoms with Crippen molar-refractivity contribution in [3.8, 4) is 5.75 Å². The van der Waals surface area contributed by atoms with Gasteiger partial charge in [-0.25, -0.2) is 14.2 Å². The van der Waals surface area contributed by atoms with Gasteiger partial charge in [-0.3, -0.25) is 4.79 Å². The van der Waals surface area contributed by atoms with Crippen LogP contribution in [0.1, 0.15) is 32.2 Å². The minimum Gasteiger partial charge on any atom is -0.449 e. The highest BCUT2D eigenvalue weighted by Crippen LogP contribution is 2.38. The Kier molecular flexibility index (Phi) is 5.12. The van der Waals surface area contributed by atoms with Crippen LogP contribution in [-0.2, 0) is 0 Å². The topological polar surface area (TPSA) is 96.7 Å². The fraction of sp³-hybridized carbons (Fsp3) is 0.526. The summed E-state index contributed by atoms with van der Waals surface area (Å²) in [5.74, 6) is -2.90. The highest BCUT2D eigenvalue weighted by atomic mass is 19.2. The summed E-state index contributed by atoms with van der Waals surface area (Å²) in [5, 5.41) is 11.5. The fourth-order valence-electron chi connectivity index (χ4n) is 3.82. The highest BCUT2D eigenvalue weighted by molar-refractivity contribution is 5.80. The number of carbonyl (C=O) groups is 1. The van der Waals surface area contributed by atoms with Gasteiger partial charge in [0.1, 0.15) is 11.0 Å². The minimum atomic E-state index is -1.70. The molecule has 8 nitrogen and oxygen atoms in total. The van der Waals surface area contributed by atoms with Crippen molar-refractivity contribution in [3.63, 3.8) is 0 Å². The van der Waals surface area contributed by atoms with Crippen LogP contribution in [0.25, 0.3) is 11.0 Å². The Morgan fingerprint density at radius 2 is 2.10 bits per heavy atom. The Morgan fingerprint density at radius 3 is 2.76 bits per heavy atom. The predicted molar refractivity (Wildman–Crippen MR) is 102 cm³/mol. The van der Waals surface area contributed by atoms with Crippen molar-refractivity contribution in [3.05, 3.63) is 28.1 Å². The molecule has 1 aliphatic heterocycles. The van der Waals surface area contributed by atoms with Gasteiger partial charge in [0.05, 0.1) is 6.20 Å². The number of nitrogens with one attached hydrogen (secondary N) is 1. The number of pyridine rings is 2. The molecule has 1 saturated heterocycles. The smallest absolute Gasteiger partial charge is 0.449 e. The van der Waals surface area contributed by atoms with Gasteiger partial charge in [-0.05, 0) is 38.3 Å². The van der Waals surface area contributed by atoms with Crippen molar-refractivity contribution in [1.29, 1.82) is 0 Å². The minimum absolute atomic E-state index is 0.0132. The molecule has 2 aliphatic rings. The molecule has 2 fully saturated rings. The maximum Gasteiger partial charge on any atom is 0.511 e. The van der Waals surface area contributed by atoms with Crippen LogP contribution >= 0.6 is 0 Å². The SMILES string of the molecule is CCNCC1CCN(c2nc3c(c(F)c2F)c(=O)c(OC(=O)O)cn3C2CC2)C1. The largest absolute Gasteiger partial charge is 0.511 e. The molecule has 156 valence electrons. The molecule has 2 aromatic rings. The maximum absolute atomic E-state index is 15.0. The number of halogens is 2. The Bertz CT molecular complexity index is 1020. The molecule has 0 aromatic carbocycles. The first-order valence-corrected chi connectivity index (χ1v) is 9.71. The molecule has 2 aromatic heterocycles. The number of ether oxygens (including phenoxy) is 1. The maximum atomic E-state index is 15.0. The molecular weight excluding hydrogens is 386 g/mol. The van der Waals surface area contributed by atoms with Crippen molar-refractivity contribution in [2.45, 2.75) is 32.2 Å². The van der Waals surface area contributed by atoms with Gasteiger partial charge in [-0.2, -0.15) is 4.39 Å². The van der Waals surface area contributed by atoms with E-state index in [4.69, 9.17) is 5.11 Å². The predicted octanol–water partition coefficient (Wildman–Crippen LogP) is 2.50. The van der Waals surface area contributed by atoms with Crippen LogP contribution < -0.4 is 20.4 Å². The van der Waals surface area contributed by atoms with Crippen LogP contribution in [-0.4, -0.2) is 47.0 Å². The van der Waals surface area contributed by atoms with Crippen LogP contribution in [0.3, 0.4) is 0 Å². The van der Waals surface area contributed by atoms with Crippen molar-refractivity contribution in [2.24, 2.45) is 5.92 Å². The van der Waals surface area contributed by atoms with E-state index in [9.17, 15) is 18.4 Å². The fourth-order valence-corrected chi connectivity index (χ4v) is 3.82. The molecule has 1 saturated carbocycles. The number of fused-ring (bicyclic) bond motifs is 1. The Hall–Kier alpha value is -2.75. The third-order valence-corrected chi connectivity index (χ3v) is 5.40. The van der Waals surface area contributed by atoms with Crippen molar-refractivity contribution < 1.29 is 23.4 Å². The zero-order valence-corrected chi connectivity index (χ0v) is 16.0. The molecule has 3 heterocycles. The average Bonchev–Trinajstić information content (AvgIpc) is 3.42. The summed E-state index contributed by atoms with van der Waals surface area (Å²) in [6.45, 7) is 4.70. The summed E-state index contributed by atoms with van der Waals surface area (Å²) < 4.78 is 35.9. The first-order valence-electron chi connectivity index (χ1n) is 9.71. The molecule has 10 heteroatoms. The molecule has 1 atom stereocenters. The molecule has 29 heavy (non-hydrogen) atoms. The van der Waals surface area contributed by atoms with Crippen LogP contribution in [0.15, 0.2) is 11.0 Å². The van der Waals surface area contributed by atoms with E-state index in [0.29, 0.717) is 19.0 Å². The van der Waals surface area contributed by atoms with E-state index in [1.54, 1.807) is 4.90 Å². The van der Waals surface area contributed by atoms with E-state index in [1.807, 2.05) is 6.92 Å². The van der Waals surface area contributed by atoms with E-state index in [0.717, 1.165) is 32.4 Å². The number of carboxylic acid groups (broad SMARTS) is 1. The van der Waals surface area contributed by atoms with Crippen molar-refractivity contribution in [1.82, 2.24) is 14.9 Å². The lowest BCUT2D eigenvalue weighted by Crippen LogP contribution is -2.28. The Balaban J connectivity index is 1.81. The summed E-state index contributed by atoms with van der Waals surface area (Å²) in [5.41, 5.74) is -1.01. The Morgan fingerprint density at radius 1 is 1.34 bits per heavy atom. The lowest BCUT2D eigenvalue weighted by molar-refractivity contribution is 0.143. The number of nitrogens with zero attached hydrogens (tertiary/aromatic N) is 3. The highest BCUT2D eigenvalue weighted by Gasteiger charge is 2.32. The second-order valence-corrected chi connectivity index (χ2v) is 7.50. The van der Waals surface area contributed by atoms with Gasteiger partial charge >= 0.3 is 6.16 Å². The Labute approximate surface area is 165 Å². The third kappa shape index (κ3) is 3.64. The van der Waals surface area contributed by atoms with Crippen molar-refractivity contribution >= 4 is 23.0 Å². The first kappa shape index (κ1) is 19.6. The third-order valence-electron chi connectivity index (χ3n) is 5.40. The van der Waals surface area contributed by atoms with Gasteiger partial charge < -0.3 is 24.6 Å². The molecule has 2 N–H and O–H groups in total. The monoisotopic (exact) mass is 408 g/mol. The average molecular weight is 408 g/mol. The lowest BCUT2D eigenvalue weighted by atomic mass is 10.1. The van der Waals surface area contributed by atoms with E-state index < -0.39 is 34.4 Å². The zero-order chi connectivity index (χ0) is 20.7. The summed E-state index contributed by atoms with van der Waals surface area (Å²) in [6, 6.07) is -0.0560. The van der Waals surface area contributed by atoms with Crippen LogP contribution in [0, 0.1) is 17.6 Å². The van der Waals surface area contributed by atoms with E-state index in [1.165, 1.54) is 10.8 Å². The molecule has 0 amide bonds. The second kappa shape index (κ2) is 7.58. The number of aromatic nitrogens is 2. The normalized spacial score (nSPS) is 19.1. The van der Waals surface area contributed by atoms with E-state index in [2.05, 4.69) is 15.0 Å². The first-order chi connectivity index (χ1) is 13.9. The molecule has 0 spiro atoms. The summed E-state index contributed by atoms with van der Waals surface area (Å²) in [4.78, 5) is 29.5. The number of anilines is 1. The summed E-state index contributed by atoms with van der Waals surface area (Å²) in [7, 11) is 0. The van der Waals surface area contributed by atoms with Gasteiger partial charge in [0.2, 0.25) is 11.2 Å². The molecule has 0 bridgehead atoms. The van der Waals surface area contributed by atoms with Crippen LogP contribution in [0.2, 0.25) is 0 Å². The molecule has 1 unspecified atom stereocenters. The number of hydrogen-bond donors (Lipinski definition) is 2. The van der Waals surface area contributed by atoms with Gasteiger partial charge in [-0.15, -0.1) is 0 Å². The zero-order valence-electron chi connectivity index (χ0n) is 16.0. The molecule has 0 radical (unpaired) electrons. The van der Waals surface area contributed by atoms with Gasteiger partial charge in [0, 0.05) is 19.1 Å². The number of hydrogen-bond acceptors (Lipinski definition) is 6. The van der Waals surface area contributed by atoms with Crippen LogP contribution in [0.5, 0.6) is 5.75 Å². The summed E-state index contributed by atoms with van der Waals surface area (Å²) >= 11 is 0. The molecule has 4 rings (SSSR count). The molecule has 1 aliphatic carbocycles. The van der Waals surface area contributed by atoms with Crippen LogP contribution in [0.4, 0.5) is 19.4 Å². The quantitative estimate of drug-likeness (QED) is 0.709.